The van der Waals surface area contributed by atoms with E-state index in [4.69, 9.17) is 4.74 Å². The Labute approximate surface area is 188 Å². The molecule has 7 heteroatoms. The lowest BCUT2D eigenvalue weighted by Gasteiger charge is -2.13. The molecule has 0 bridgehead atoms. The lowest BCUT2D eigenvalue weighted by atomic mass is 10.3. The van der Waals surface area contributed by atoms with E-state index in [1.165, 1.54) is 11.8 Å². The van der Waals surface area contributed by atoms with Crippen molar-refractivity contribution in [3.05, 3.63) is 83.3 Å². The van der Waals surface area contributed by atoms with Crippen LogP contribution in [0.4, 0.5) is 11.4 Å². The SMILES string of the molecule is CC(Sc1ccc(NC(=O)COc2ccccc2)cc1)C(=O)Nc1ccc(Br)cc1. The number of thioether (sulfide) groups is 1. The van der Waals surface area contributed by atoms with Gasteiger partial charge in [0.05, 0.1) is 5.25 Å². The third kappa shape index (κ3) is 6.93. The van der Waals surface area contributed by atoms with Crippen LogP contribution < -0.4 is 15.4 Å². The number of hydrogen-bond donors (Lipinski definition) is 2. The number of benzene rings is 3. The Kier molecular flexibility index (Phi) is 7.93. The summed E-state index contributed by atoms with van der Waals surface area (Å²) in [6.07, 6.45) is 0. The number of nitrogens with one attached hydrogen (secondary N) is 2. The van der Waals surface area contributed by atoms with E-state index in [2.05, 4.69) is 26.6 Å². The first-order valence-electron chi connectivity index (χ1n) is 9.30. The van der Waals surface area contributed by atoms with Gasteiger partial charge in [-0.25, -0.2) is 0 Å². The van der Waals surface area contributed by atoms with Gasteiger partial charge in [0.2, 0.25) is 5.91 Å². The Hall–Kier alpha value is -2.77. The largest absolute Gasteiger partial charge is 0.484 e. The smallest absolute Gasteiger partial charge is 0.262 e. The van der Waals surface area contributed by atoms with Crippen molar-refractivity contribution >= 4 is 50.9 Å². The van der Waals surface area contributed by atoms with Crippen molar-refractivity contribution in [2.45, 2.75) is 17.1 Å². The van der Waals surface area contributed by atoms with E-state index in [1.54, 1.807) is 12.1 Å². The summed E-state index contributed by atoms with van der Waals surface area (Å²) >= 11 is 4.83. The lowest BCUT2D eigenvalue weighted by Crippen LogP contribution is -2.22. The van der Waals surface area contributed by atoms with Gasteiger partial charge in [-0.05, 0) is 67.6 Å². The fraction of sp³-hybridized carbons (Fsp3) is 0.130. The third-order valence-corrected chi connectivity index (χ3v) is 5.69. The van der Waals surface area contributed by atoms with Crippen molar-refractivity contribution in [2.24, 2.45) is 0 Å². The highest BCUT2D eigenvalue weighted by Crippen LogP contribution is 2.26. The van der Waals surface area contributed by atoms with Gasteiger partial charge in [0.1, 0.15) is 5.75 Å². The summed E-state index contributed by atoms with van der Waals surface area (Å²) in [5.74, 6) is 0.342. The summed E-state index contributed by atoms with van der Waals surface area (Å²) in [6.45, 7) is 1.79. The van der Waals surface area contributed by atoms with Gasteiger partial charge in [0, 0.05) is 20.7 Å². The quantitative estimate of drug-likeness (QED) is 0.409. The molecule has 0 fully saturated rings. The summed E-state index contributed by atoms with van der Waals surface area (Å²) in [5, 5.41) is 5.43. The maximum absolute atomic E-state index is 12.4. The molecule has 0 aliphatic carbocycles. The molecule has 0 aromatic heterocycles. The van der Waals surface area contributed by atoms with Crippen molar-refractivity contribution in [2.75, 3.05) is 17.2 Å². The number of amides is 2. The highest BCUT2D eigenvalue weighted by molar-refractivity contribution is 9.10. The summed E-state index contributed by atoms with van der Waals surface area (Å²) in [7, 11) is 0. The number of rotatable bonds is 8. The minimum Gasteiger partial charge on any atom is -0.484 e. The van der Waals surface area contributed by atoms with Crippen LogP contribution >= 0.6 is 27.7 Å². The van der Waals surface area contributed by atoms with Crippen molar-refractivity contribution in [3.63, 3.8) is 0 Å². The second kappa shape index (κ2) is 10.8. The van der Waals surface area contributed by atoms with Gasteiger partial charge in [-0.2, -0.15) is 0 Å². The molecule has 0 heterocycles. The molecule has 2 amide bonds. The van der Waals surface area contributed by atoms with Crippen molar-refractivity contribution in [1.82, 2.24) is 0 Å². The molecule has 0 radical (unpaired) electrons. The van der Waals surface area contributed by atoms with Crippen LogP contribution in [0.2, 0.25) is 0 Å². The Morgan fingerprint density at radius 1 is 0.900 bits per heavy atom. The minimum absolute atomic E-state index is 0.0617. The first-order valence-corrected chi connectivity index (χ1v) is 11.0. The summed E-state index contributed by atoms with van der Waals surface area (Å²) < 4.78 is 6.39. The van der Waals surface area contributed by atoms with Gasteiger partial charge >= 0.3 is 0 Å². The van der Waals surface area contributed by atoms with Crippen LogP contribution in [0.3, 0.4) is 0 Å². The number of carbonyl (C=O) groups is 2. The van der Waals surface area contributed by atoms with Crippen LogP contribution in [0.1, 0.15) is 6.92 Å². The average Bonchev–Trinajstić information content (AvgIpc) is 2.76. The predicted molar refractivity (Wildman–Crippen MR) is 125 cm³/mol. The summed E-state index contributed by atoms with van der Waals surface area (Å²) in [5.41, 5.74) is 1.43. The topological polar surface area (TPSA) is 67.4 Å². The zero-order valence-electron chi connectivity index (χ0n) is 16.3. The van der Waals surface area contributed by atoms with Crippen LogP contribution in [0, 0.1) is 0 Å². The van der Waals surface area contributed by atoms with Gasteiger partial charge in [0.25, 0.3) is 5.91 Å². The maximum atomic E-state index is 12.4. The standard InChI is InChI=1S/C23H21BrN2O3S/c1-16(23(28)26-19-9-7-17(24)8-10-19)30-21-13-11-18(12-14-21)25-22(27)15-29-20-5-3-2-4-6-20/h2-14,16H,15H2,1H3,(H,25,27)(H,26,28). The first kappa shape index (κ1) is 21.9. The fourth-order valence-electron chi connectivity index (χ4n) is 2.51. The molecular formula is C23H21BrN2O3S. The lowest BCUT2D eigenvalue weighted by molar-refractivity contribution is -0.118. The molecule has 3 aromatic carbocycles. The molecule has 30 heavy (non-hydrogen) atoms. The Morgan fingerprint density at radius 3 is 2.17 bits per heavy atom. The first-order chi connectivity index (χ1) is 14.5. The Bertz CT molecular complexity index is 980. The summed E-state index contributed by atoms with van der Waals surface area (Å²) in [6, 6.07) is 24.0. The highest BCUT2D eigenvalue weighted by atomic mass is 79.9. The van der Waals surface area contributed by atoms with E-state index in [0.717, 1.165) is 15.1 Å². The Morgan fingerprint density at radius 2 is 1.50 bits per heavy atom. The molecule has 3 aromatic rings. The van der Waals surface area contributed by atoms with E-state index in [9.17, 15) is 9.59 Å². The van der Waals surface area contributed by atoms with Gasteiger partial charge in [0.15, 0.2) is 6.61 Å². The number of carbonyl (C=O) groups excluding carboxylic acids is 2. The molecule has 154 valence electrons. The zero-order chi connectivity index (χ0) is 21.3. The maximum Gasteiger partial charge on any atom is 0.262 e. The van der Waals surface area contributed by atoms with E-state index in [0.29, 0.717) is 11.4 Å². The second-order valence-corrected chi connectivity index (χ2v) is 8.76. The second-order valence-electron chi connectivity index (χ2n) is 6.43. The van der Waals surface area contributed by atoms with E-state index in [-0.39, 0.29) is 23.7 Å². The molecule has 1 atom stereocenters. The molecule has 3 rings (SSSR count). The molecule has 0 spiro atoms. The van der Waals surface area contributed by atoms with Gasteiger partial charge in [-0.3, -0.25) is 9.59 Å². The van der Waals surface area contributed by atoms with Gasteiger partial charge in [-0.15, -0.1) is 11.8 Å². The minimum atomic E-state index is -0.270. The molecule has 0 aliphatic heterocycles. The zero-order valence-corrected chi connectivity index (χ0v) is 18.7. The number of halogens is 1. The van der Waals surface area contributed by atoms with E-state index >= 15 is 0 Å². The van der Waals surface area contributed by atoms with Crippen LogP contribution in [0.15, 0.2) is 88.2 Å². The summed E-state index contributed by atoms with van der Waals surface area (Å²) in [4.78, 5) is 25.4. The Balaban J connectivity index is 1.46. The monoisotopic (exact) mass is 484 g/mol. The highest BCUT2D eigenvalue weighted by Gasteiger charge is 2.15. The molecule has 0 saturated heterocycles. The number of hydrogen-bond acceptors (Lipinski definition) is 4. The van der Waals surface area contributed by atoms with Gasteiger partial charge in [-0.1, -0.05) is 34.1 Å². The predicted octanol–water partition coefficient (Wildman–Crippen LogP) is 5.59. The molecule has 0 aliphatic rings. The molecule has 5 nitrogen and oxygen atoms in total. The number of ether oxygens (including phenoxy) is 1. The number of para-hydroxylation sites is 1. The number of anilines is 2. The third-order valence-electron chi connectivity index (χ3n) is 4.05. The van der Waals surface area contributed by atoms with Crippen molar-refractivity contribution in [3.8, 4) is 5.75 Å². The normalized spacial score (nSPS) is 11.4. The van der Waals surface area contributed by atoms with Crippen molar-refractivity contribution in [1.29, 1.82) is 0 Å². The molecule has 0 saturated carbocycles. The van der Waals surface area contributed by atoms with Gasteiger partial charge < -0.3 is 15.4 Å². The van der Waals surface area contributed by atoms with E-state index < -0.39 is 0 Å². The molecule has 1 unspecified atom stereocenters. The van der Waals surface area contributed by atoms with Crippen LogP contribution in [-0.4, -0.2) is 23.7 Å². The molecular weight excluding hydrogens is 464 g/mol. The van der Waals surface area contributed by atoms with Crippen LogP contribution in [0.5, 0.6) is 5.75 Å². The molecule has 2 N–H and O–H groups in total. The fourth-order valence-corrected chi connectivity index (χ4v) is 3.65. The average molecular weight is 485 g/mol. The van der Waals surface area contributed by atoms with E-state index in [1.807, 2.05) is 73.7 Å². The van der Waals surface area contributed by atoms with Crippen molar-refractivity contribution < 1.29 is 14.3 Å². The van der Waals surface area contributed by atoms with Crippen LogP contribution in [-0.2, 0) is 9.59 Å². The van der Waals surface area contributed by atoms with Crippen LogP contribution in [0.25, 0.3) is 0 Å².